The summed E-state index contributed by atoms with van der Waals surface area (Å²) in [4.78, 5) is 11.6. The number of carbonyl (C=O) groups is 1. The molecule has 6 heteroatoms. The summed E-state index contributed by atoms with van der Waals surface area (Å²) < 4.78 is 5.28. The van der Waals surface area contributed by atoms with E-state index in [0.29, 0.717) is 23.4 Å². The molecule has 0 amide bonds. The van der Waals surface area contributed by atoms with Gasteiger partial charge in [0.2, 0.25) is 0 Å². The molecule has 1 unspecified atom stereocenters. The number of benzene rings is 2. The first-order valence-corrected chi connectivity index (χ1v) is 7.00. The molecule has 0 spiro atoms. The van der Waals surface area contributed by atoms with Crippen molar-refractivity contribution < 1.29 is 19.7 Å². The van der Waals surface area contributed by atoms with Gasteiger partial charge in [-0.25, -0.2) is 4.79 Å². The lowest BCUT2D eigenvalue weighted by molar-refractivity contribution is -0.138. The topological polar surface area (TPSA) is 103 Å². The predicted molar refractivity (Wildman–Crippen MR) is 84.4 cm³/mol. The number of nitriles is 1. The summed E-state index contributed by atoms with van der Waals surface area (Å²) >= 11 is 0. The minimum atomic E-state index is -1.07. The molecule has 0 radical (unpaired) electrons. The normalized spacial score (nSPS) is 11.3. The fraction of sp³-hybridized carbons (Fsp3) is 0.176. The maximum absolute atomic E-state index is 11.6. The Labute approximate surface area is 133 Å². The van der Waals surface area contributed by atoms with Crippen LogP contribution < -0.4 is 10.1 Å². The highest BCUT2D eigenvalue weighted by molar-refractivity contribution is 5.79. The SMILES string of the molecule is CCOc1cc(C(Nc2ccc(C#N)cc2)C(=O)O)ccc1O. The van der Waals surface area contributed by atoms with E-state index < -0.39 is 12.0 Å². The largest absolute Gasteiger partial charge is 0.504 e. The van der Waals surface area contributed by atoms with Crippen LogP contribution in [0.25, 0.3) is 0 Å². The van der Waals surface area contributed by atoms with Crippen LogP contribution in [0.15, 0.2) is 42.5 Å². The van der Waals surface area contributed by atoms with E-state index in [1.54, 1.807) is 31.2 Å². The molecular formula is C17H16N2O4. The van der Waals surface area contributed by atoms with Crippen LogP contribution >= 0.6 is 0 Å². The lowest BCUT2D eigenvalue weighted by Gasteiger charge is -2.17. The summed E-state index contributed by atoms with van der Waals surface area (Å²) in [6.07, 6.45) is 0. The van der Waals surface area contributed by atoms with Crippen molar-refractivity contribution >= 4 is 11.7 Å². The van der Waals surface area contributed by atoms with Crippen LogP contribution in [0.3, 0.4) is 0 Å². The third kappa shape index (κ3) is 3.92. The van der Waals surface area contributed by atoms with E-state index in [-0.39, 0.29) is 11.5 Å². The quantitative estimate of drug-likeness (QED) is 0.758. The van der Waals surface area contributed by atoms with Crippen LogP contribution in [0.4, 0.5) is 5.69 Å². The van der Waals surface area contributed by atoms with Gasteiger partial charge >= 0.3 is 5.97 Å². The lowest BCUT2D eigenvalue weighted by Crippen LogP contribution is -2.20. The maximum Gasteiger partial charge on any atom is 0.330 e. The first-order chi connectivity index (χ1) is 11.0. The average Bonchev–Trinajstić information content (AvgIpc) is 2.55. The standard InChI is InChI=1S/C17H16N2O4/c1-2-23-15-9-12(5-8-14(15)20)16(17(21)22)19-13-6-3-11(10-18)4-7-13/h3-9,16,19-20H,2H2,1H3,(H,21,22). The highest BCUT2D eigenvalue weighted by atomic mass is 16.5. The van der Waals surface area contributed by atoms with Crippen LogP contribution in [0.2, 0.25) is 0 Å². The number of carboxylic acids is 1. The molecule has 2 rings (SSSR count). The molecule has 0 aliphatic carbocycles. The number of anilines is 1. The van der Waals surface area contributed by atoms with Crippen molar-refractivity contribution in [3.8, 4) is 17.6 Å². The fourth-order valence-corrected chi connectivity index (χ4v) is 2.08. The summed E-state index contributed by atoms with van der Waals surface area (Å²) in [6, 6.07) is 11.9. The zero-order valence-corrected chi connectivity index (χ0v) is 12.5. The molecule has 0 aliphatic heterocycles. The maximum atomic E-state index is 11.6. The van der Waals surface area contributed by atoms with E-state index >= 15 is 0 Å². The predicted octanol–water partition coefficient (Wildman–Crippen LogP) is 2.90. The Bertz CT molecular complexity index is 735. The molecule has 0 saturated carbocycles. The Hall–Kier alpha value is -3.20. The molecule has 0 saturated heterocycles. The van der Waals surface area contributed by atoms with Crippen molar-refractivity contribution in [3.05, 3.63) is 53.6 Å². The number of ether oxygens (including phenoxy) is 1. The van der Waals surface area contributed by atoms with Gasteiger partial charge in [-0.15, -0.1) is 0 Å². The zero-order valence-electron chi connectivity index (χ0n) is 12.5. The van der Waals surface area contributed by atoms with Crippen molar-refractivity contribution in [1.29, 1.82) is 5.26 Å². The van der Waals surface area contributed by atoms with Crippen LogP contribution in [-0.4, -0.2) is 22.8 Å². The third-order valence-corrected chi connectivity index (χ3v) is 3.19. The van der Waals surface area contributed by atoms with Crippen molar-refractivity contribution in [2.75, 3.05) is 11.9 Å². The first kappa shape index (κ1) is 16.2. The molecular weight excluding hydrogens is 296 g/mol. The average molecular weight is 312 g/mol. The van der Waals surface area contributed by atoms with Gasteiger partial charge in [0, 0.05) is 5.69 Å². The molecule has 0 heterocycles. The number of hydrogen-bond acceptors (Lipinski definition) is 5. The molecule has 0 fully saturated rings. The van der Waals surface area contributed by atoms with Crippen LogP contribution in [0, 0.1) is 11.3 Å². The van der Waals surface area contributed by atoms with Crippen molar-refractivity contribution in [2.45, 2.75) is 13.0 Å². The second kappa shape index (κ2) is 7.18. The number of aliphatic carboxylic acids is 1. The van der Waals surface area contributed by atoms with E-state index in [0.717, 1.165) is 0 Å². The number of aromatic hydroxyl groups is 1. The monoisotopic (exact) mass is 312 g/mol. The smallest absolute Gasteiger partial charge is 0.330 e. The van der Waals surface area contributed by atoms with Gasteiger partial charge in [0.1, 0.15) is 0 Å². The molecule has 0 bridgehead atoms. The molecule has 2 aromatic carbocycles. The van der Waals surface area contributed by atoms with E-state index in [4.69, 9.17) is 10.00 Å². The zero-order chi connectivity index (χ0) is 16.8. The number of nitrogens with one attached hydrogen (secondary N) is 1. The number of nitrogens with zero attached hydrogens (tertiary/aromatic N) is 1. The first-order valence-electron chi connectivity index (χ1n) is 7.00. The Morgan fingerprint density at radius 3 is 2.57 bits per heavy atom. The van der Waals surface area contributed by atoms with Crippen LogP contribution in [0.5, 0.6) is 11.5 Å². The van der Waals surface area contributed by atoms with Crippen molar-refractivity contribution in [1.82, 2.24) is 0 Å². The fourth-order valence-electron chi connectivity index (χ4n) is 2.08. The van der Waals surface area contributed by atoms with E-state index in [9.17, 15) is 15.0 Å². The molecule has 2 aromatic rings. The summed E-state index contributed by atoms with van der Waals surface area (Å²) in [7, 11) is 0. The molecule has 0 aromatic heterocycles. The minimum absolute atomic E-state index is 0.0434. The van der Waals surface area contributed by atoms with Gasteiger partial charge in [-0.1, -0.05) is 6.07 Å². The summed E-state index contributed by atoms with van der Waals surface area (Å²) in [5, 5.41) is 30.8. The third-order valence-electron chi connectivity index (χ3n) is 3.19. The van der Waals surface area contributed by atoms with E-state index in [1.807, 2.05) is 6.07 Å². The van der Waals surface area contributed by atoms with Gasteiger partial charge in [-0.3, -0.25) is 0 Å². The number of carboxylic acid groups (broad SMARTS) is 1. The Morgan fingerprint density at radius 1 is 1.30 bits per heavy atom. The molecule has 118 valence electrons. The van der Waals surface area contributed by atoms with Crippen molar-refractivity contribution in [3.63, 3.8) is 0 Å². The lowest BCUT2D eigenvalue weighted by atomic mass is 10.1. The van der Waals surface area contributed by atoms with Gasteiger partial charge in [-0.05, 0) is 48.9 Å². The summed E-state index contributed by atoms with van der Waals surface area (Å²) in [5.74, 6) is -0.876. The minimum Gasteiger partial charge on any atom is -0.504 e. The number of rotatable bonds is 6. The molecule has 23 heavy (non-hydrogen) atoms. The van der Waals surface area contributed by atoms with Gasteiger partial charge in [0.15, 0.2) is 17.5 Å². The molecule has 0 aliphatic rings. The number of phenolic OH excluding ortho intramolecular Hbond substituents is 1. The molecule has 6 nitrogen and oxygen atoms in total. The highest BCUT2D eigenvalue weighted by Gasteiger charge is 2.21. The second-order valence-electron chi connectivity index (χ2n) is 4.76. The summed E-state index contributed by atoms with van der Waals surface area (Å²) in [5.41, 5.74) is 1.51. The Morgan fingerprint density at radius 2 is 2.00 bits per heavy atom. The van der Waals surface area contributed by atoms with Gasteiger partial charge in [0.25, 0.3) is 0 Å². The Balaban J connectivity index is 2.29. The molecule has 1 atom stereocenters. The Kier molecular flexibility index (Phi) is 5.05. The summed E-state index contributed by atoms with van der Waals surface area (Å²) in [6.45, 7) is 2.13. The van der Waals surface area contributed by atoms with Crippen LogP contribution in [-0.2, 0) is 4.79 Å². The second-order valence-corrected chi connectivity index (χ2v) is 4.76. The number of hydrogen-bond donors (Lipinski definition) is 3. The number of phenols is 1. The van der Waals surface area contributed by atoms with Gasteiger partial charge in [0.05, 0.1) is 18.2 Å². The van der Waals surface area contributed by atoms with E-state index in [1.165, 1.54) is 18.2 Å². The van der Waals surface area contributed by atoms with Gasteiger partial charge in [-0.2, -0.15) is 5.26 Å². The van der Waals surface area contributed by atoms with Crippen molar-refractivity contribution in [2.24, 2.45) is 0 Å². The van der Waals surface area contributed by atoms with Crippen LogP contribution in [0.1, 0.15) is 24.1 Å². The molecule has 3 N–H and O–H groups in total. The van der Waals surface area contributed by atoms with E-state index in [2.05, 4.69) is 5.32 Å². The van der Waals surface area contributed by atoms with Gasteiger partial charge < -0.3 is 20.3 Å². The highest BCUT2D eigenvalue weighted by Crippen LogP contribution is 2.30.